The van der Waals surface area contributed by atoms with Crippen LogP contribution in [-0.4, -0.2) is 53.3 Å². The van der Waals surface area contributed by atoms with E-state index in [1.807, 2.05) is 4.90 Å². The van der Waals surface area contributed by atoms with Crippen molar-refractivity contribution in [2.24, 2.45) is 5.41 Å². The van der Waals surface area contributed by atoms with Crippen LogP contribution in [0.25, 0.3) is 0 Å². The molecular formula is C39H72N2O4. The Bertz CT molecular complexity index is 859. The highest BCUT2D eigenvalue weighted by Crippen LogP contribution is 2.56. The molecule has 0 aromatic carbocycles. The molecule has 2 saturated heterocycles. The monoisotopic (exact) mass is 633 g/mol. The predicted octanol–water partition coefficient (Wildman–Crippen LogP) is 10.0. The van der Waals surface area contributed by atoms with E-state index in [9.17, 15) is 9.59 Å². The Morgan fingerprint density at radius 1 is 0.733 bits per heavy atom. The first kappa shape index (κ1) is 38.3. The first-order valence-corrected chi connectivity index (χ1v) is 19.5. The van der Waals surface area contributed by atoms with Gasteiger partial charge in [-0.3, -0.25) is 9.59 Å². The highest BCUT2D eigenvalue weighted by atomic mass is 16.6. The molecule has 6 nitrogen and oxygen atoms in total. The van der Waals surface area contributed by atoms with Crippen molar-refractivity contribution in [3.05, 3.63) is 0 Å². The van der Waals surface area contributed by atoms with E-state index in [-0.39, 0.29) is 23.8 Å². The molecule has 1 unspecified atom stereocenters. The Morgan fingerprint density at radius 3 is 1.76 bits per heavy atom. The van der Waals surface area contributed by atoms with Crippen LogP contribution < -0.4 is 5.32 Å². The van der Waals surface area contributed by atoms with Gasteiger partial charge in [0, 0.05) is 17.5 Å². The second kappa shape index (κ2) is 19.0. The third kappa shape index (κ3) is 10.4. The van der Waals surface area contributed by atoms with E-state index < -0.39 is 16.7 Å². The number of carbonyl (C=O) groups is 2. The minimum Gasteiger partial charge on any atom is -0.466 e. The molecule has 262 valence electrons. The molecule has 0 aromatic rings. The van der Waals surface area contributed by atoms with Crippen molar-refractivity contribution in [3.63, 3.8) is 0 Å². The minimum atomic E-state index is -0.877. The van der Waals surface area contributed by atoms with Gasteiger partial charge in [-0.05, 0) is 58.9 Å². The maximum atomic E-state index is 14.7. The lowest BCUT2D eigenvalue weighted by atomic mass is 9.59. The van der Waals surface area contributed by atoms with Crippen LogP contribution in [0.5, 0.6) is 0 Å². The predicted molar refractivity (Wildman–Crippen MR) is 186 cm³/mol. The number of amides is 1. The van der Waals surface area contributed by atoms with Crippen LogP contribution in [0.15, 0.2) is 0 Å². The molecule has 1 atom stereocenters. The largest absolute Gasteiger partial charge is 0.466 e. The number of rotatable bonds is 16. The molecule has 1 N–H and O–H groups in total. The lowest BCUT2D eigenvalue weighted by molar-refractivity contribution is -0.212. The van der Waals surface area contributed by atoms with Gasteiger partial charge in [-0.25, -0.2) is 0 Å². The summed E-state index contributed by atoms with van der Waals surface area (Å²) >= 11 is 0. The van der Waals surface area contributed by atoms with Gasteiger partial charge in [-0.15, -0.1) is 0 Å². The third-order valence-electron chi connectivity index (χ3n) is 12.0. The fourth-order valence-electron chi connectivity index (χ4n) is 8.21. The summed E-state index contributed by atoms with van der Waals surface area (Å²) in [5, 5.41) is 3.67. The van der Waals surface area contributed by atoms with Gasteiger partial charge in [0.25, 0.3) is 5.91 Å². The molecular weight excluding hydrogens is 560 g/mol. The van der Waals surface area contributed by atoms with E-state index in [2.05, 4.69) is 39.9 Å². The number of nitrogens with zero attached hydrogens (tertiary/aromatic N) is 1. The molecule has 2 heterocycles. The molecule has 1 amide bonds. The Kier molecular flexibility index (Phi) is 16.2. The minimum absolute atomic E-state index is 0.0999. The quantitative estimate of drug-likeness (QED) is 0.135. The van der Waals surface area contributed by atoms with Crippen molar-refractivity contribution in [2.75, 3.05) is 19.7 Å². The lowest BCUT2D eigenvalue weighted by Gasteiger charge is -2.55. The molecule has 0 radical (unpaired) electrons. The van der Waals surface area contributed by atoms with Crippen LogP contribution in [0.2, 0.25) is 0 Å². The Labute approximate surface area is 277 Å². The number of esters is 1. The first-order valence-electron chi connectivity index (χ1n) is 19.5. The van der Waals surface area contributed by atoms with Gasteiger partial charge in [-0.2, -0.15) is 0 Å². The van der Waals surface area contributed by atoms with Crippen molar-refractivity contribution >= 4 is 11.9 Å². The average molecular weight is 633 g/mol. The number of ether oxygens (including phenoxy) is 2. The van der Waals surface area contributed by atoms with Crippen LogP contribution in [-0.2, 0) is 19.1 Å². The molecule has 0 aromatic heterocycles. The average Bonchev–Trinajstić information content (AvgIpc) is 3.23. The number of piperidine rings is 1. The van der Waals surface area contributed by atoms with E-state index in [0.29, 0.717) is 19.6 Å². The maximum absolute atomic E-state index is 14.7. The van der Waals surface area contributed by atoms with Gasteiger partial charge in [0.05, 0.1) is 13.0 Å². The molecule has 3 fully saturated rings. The van der Waals surface area contributed by atoms with Gasteiger partial charge in [0.2, 0.25) is 0 Å². The van der Waals surface area contributed by atoms with Gasteiger partial charge < -0.3 is 19.7 Å². The van der Waals surface area contributed by atoms with Crippen LogP contribution in [0.4, 0.5) is 0 Å². The molecule has 0 bridgehead atoms. The Hall–Kier alpha value is -1.14. The zero-order valence-corrected chi connectivity index (χ0v) is 30.4. The number of hydrogen-bond acceptors (Lipinski definition) is 5. The lowest BCUT2D eigenvalue weighted by Crippen LogP contribution is -2.70. The van der Waals surface area contributed by atoms with Crippen LogP contribution >= 0.6 is 0 Å². The molecule has 45 heavy (non-hydrogen) atoms. The second-order valence-electron chi connectivity index (χ2n) is 15.8. The third-order valence-corrected chi connectivity index (χ3v) is 12.0. The molecule has 3 rings (SSSR count). The van der Waals surface area contributed by atoms with Crippen LogP contribution in [0.3, 0.4) is 0 Å². The number of hydrogen-bond donors (Lipinski definition) is 1. The smallest absolute Gasteiger partial charge is 0.307 e. The van der Waals surface area contributed by atoms with Crippen molar-refractivity contribution in [1.82, 2.24) is 10.2 Å². The van der Waals surface area contributed by atoms with E-state index in [1.54, 1.807) is 0 Å². The normalized spacial score (nSPS) is 25.3. The topological polar surface area (TPSA) is 67.9 Å². The van der Waals surface area contributed by atoms with E-state index in [0.717, 1.165) is 45.1 Å². The highest BCUT2D eigenvalue weighted by molar-refractivity contribution is 5.89. The molecule has 2 spiro atoms. The van der Waals surface area contributed by atoms with Crippen molar-refractivity contribution in [2.45, 2.75) is 212 Å². The standard InChI is InChI=1S/C39H72N2O4/c1-6-7-8-9-10-11-12-13-17-20-23-26-33-44-34(42)27-32-41-35(43)39(30-31-40-37(4,5)36(39,2)3)45-38(41)28-24-21-18-15-14-16-19-22-25-29-38/h40H,6-33H2,1-5H3. The number of nitrogens with one attached hydrogen (secondary N) is 1. The summed E-state index contributed by atoms with van der Waals surface area (Å²) in [7, 11) is 0. The summed E-state index contributed by atoms with van der Waals surface area (Å²) < 4.78 is 13.0. The molecule has 6 heteroatoms. The van der Waals surface area contributed by atoms with Gasteiger partial charge in [-0.1, -0.05) is 136 Å². The maximum Gasteiger partial charge on any atom is 0.307 e. The SMILES string of the molecule is CCCCCCCCCCCCCCOC(=O)CCN1C(=O)C2(CCNC(C)(C)C2(C)C)OC12CCCCCCCCCCC2. The van der Waals surface area contributed by atoms with Crippen molar-refractivity contribution in [3.8, 4) is 0 Å². The summed E-state index contributed by atoms with van der Waals surface area (Å²) in [5.74, 6) is -0.0806. The van der Waals surface area contributed by atoms with Gasteiger partial charge in [0.15, 0.2) is 5.60 Å². The summed E-state index contributed by atoms with van der Waals surface area (Å²) in [4.78, 5) is 29.6. The van der Waals surface area contributed by atoms with Gasteiger partial charge >= 0.3 is 5.97 Å². The van der Waals surface area contributed by atoms with E-state index >= 15 is 0 Å². The Morgan fingerprint density at radius 2 is 1.22 bits per heavy atom. The fourth-order valence-corrected chi connectivity index (χ4v) is 8.21. The van der Waals surface area contributed by atoms with Crippen LogP contribution in [0.1, 0.15) is 195 Å². The summed E-state index contributed by atoms with van der Waals surface area (Å²) in [6, 6.07) is 0. The summed E-state index contributed by atoms with van der Waals surface area (Å²) in [6.07, 6.45) is 29.1. The fraction of sp³-hybridized carbons (Fsp3) is 0.949. The highest BCUT2D eigenvalue weighted by Gasteiger charge is 2.69. The van der Waals surface area contributed by atoms with E-state index in [1.165, 1.54) is 109 Å². The molecule has 3 aliphatic rings. The zero-order valence-electron chi connectivity index (χ0n) is 30.4. The summed E-state index contributed by atoms with van der Waals surface area (Å²) in [5.41, 5.74) is -2.17. The summed E-state index contributed by atoms with van der Waals surface area (Å²) in [6.45, 7) is 12.7. The van der Waals surface area contributed by atoms with Gasteiger partial charge in [0.1, 0.15) is 5.72 Å². The molecule has 2 aliphatic heterocycles. The zero-order chi connectivity index (χ0) is 32.7. The number of unbranched alkanes of at least 4 members (excludes halogenated alkanes) is 11. The van der Waals surface area contributed by atoms with Crippen molar-refractivity contribution < 1.29 is 19.1 Å². The number of carbonyl (C=O) groups excluding carboxylic acids is 2. The first-order chi connectivity index (χ1) is 21.6. The van der Waals surface area contributed by atoms with E-state index in [4.69, 9.17) is 9.47 Å². The second-order valence-corrected chi connectivity index (χ2v) is 15.8. The van der Waals surface area contributed by atoms with Crippen molar-refractivity contribution in [1.29, 1.82) is 0 Å². The molecule has 1 aliphatic carbocycles. The molecule has 1 saturated carbocycles. The Balaban J connectivity index is 1.53. The van der Waals surface area contributed by atoms with Crippen LogP contribution in [0, 0.1) is 5.41 Å².